The predicted octanol–water partition coefficient (Wildman–Crippen LogP) is 5.40. The Morgan fingerprint density at radius 3 is 2.00 bits per heavy atom. The van der Waals surface area contributed by atoms with E-state index in [0.717, 1.165) is 23.6 Å². The Balaban J connectivity index is 1.86. The van der Waals surface area contributed by atoms with Crippen LogP contribution < -0.4 is 14.8 Å². The number of benzene rings is 2. The number of carbonyl (C=O) groups excluding carboxylic acids is 1. The largest absolute Gasteiger partial charge is 0.494 e. The second-order valence-electron chi connectivity index (χ2n) is 7.24. The quantitative estimate of drug-likeness (QED) is 0.655. The van der Waals surface area contributed by atoms with Crippen molar-refractivity contribution >= 4 is 11.6 Å². The molecule has 0 aromatic heterocycles. The van der Waals surface area contributed by atoms with Gasteiger partial charge in [-0.25, -0.2) is 0 Å². The molecule has 0 saturated heterocycles. The molecule has 1 N–H and O–H groups in total. The normalized spacial score (nSPS) is 10.8. The van der Waals surface area contributed by atoms with E-state index in [-0.39, 0.29) is 5.91 Å². The van der Waals surface area contributed by atoms with Gasteiger partial charge in [0.25, 0.3) is 5.91 Å². The van der Waals surface area contributed by atoms with Gasteiger partial charge in [-0.15, -0.1) is 0 Å². The molecular weight excluding hydrogens is 326 g/mol. The van der Waals surface area contributed by atoms with Crippen LogP contribution in [0.1, 0.15) is 44.5 Å². The van der Waals surface area contributed by atoms with E-state index in [9.17, 15) is 4.79 Å². The van der Waals surface area contributed by atoms with Crippen molar-refractivity contribution in [1.29, 1.82) is 0 Å². The monoisotopic (exact) mass is 355 g/mol. The molecule has 0 bridgehead atoms. The fourth-order valence-electron chi connectivity index (χ4n) is 2.22. The summed E-state index contributed by atoms with van der Waals surface area (Å²) < 4.78 is 11.3. The minimum absolute atomic E-state index is 0.145. The molecule has 2 aromatic carbocycles. The molecule has 0 unspecified atom stereocenters. The molecule has 0 aliphatic rings. The minimum Gasteiger partial charge on any atom is -0.494 e. The zero-order valence-electron chi connectivity index (χ0n) is 16.1. The number of carbonyl (C=O) groups is 1. The fourth-order valence-corrected chi connectivity index (χ4v) is 2.22. The molecule has 4 nitrogen and oxygen atoms in total. The summed E-state index contributed by atoms with van der Waals surface area (Å²) in [6.45, 7) is 9.91. The molecule has 0 aliphatic carbocycles. The highest BCUT2D eigenvalue weighted by molar-refractivity contribution is 6.04. The molecule has 2 rings (SSSR count). The third kappa shape index (κ3) is 6.79. The van der Waals surface area contributed by atoms with E-state index in [1.807, 2.05) is 36.4 Å². The van der Waals surface area contributed by atoms with Crippen LogP contribution in [0.2, 0.25) is 0 Å². The number of nitrogens with one attached hydrogen (secondary N) is 1. The predicted molar refractivity (Wildman–Crippen MR) is 106 cm³/mol. The summed E-state index contributed by atoms with van der Waals surface area (Å²) in [4.78, 5) is 12.3. The number of ether oxygens (including phenoxy) is 2. The molecule has 1 amide bonds. The lowest BCUT2D eigenvalue weighted by Gasteiger charge is -2.10. The van der Waals surface area contributed by atoms with Gasteiger partial charge in [-0.05, 0) is 66.8 Å². The summed E-state index contributed by atoms with van der Waals surface area (Å²) in [6.07, 6.45) is 1.02. The molecule has 0 heterocycles. The molecule has 0 atom stereocenters. The summed E-state index contributed by atoms with van der Waals surface area (Å²) in [7, 11) is 0. The van der Waals surface area contributed by atoms with Crippen LogP contribution in [0.5, 0.6) is 11.5 Å². The maximum atomic E-state index is 12.3. The van der Waals surface area contributed by atoms with Gasteiger partial charge >= 0.3 is 0 Å². The van der Waals surface area contributed by atoms with Crippen molar-refractivity contribution in [3.8, 4) is 11.5 Å². The number of amides is 1. The summed E-state index contributed by atoms with van der Waals surface area (Å²) in [5.41, 5.74) is 1.34. The van der Waals surface area contributed by atoms with E-state index in [0.29, 0.717) is 30.6 Å². The van der Waals surface area contributed by atoms with Crippen LogP contribution in [-0.4, -0.2) is 19.1 Å². The smallest absolute Gasteiger partial charge is 0.255 e. The first-order valence-electron chi connectivity index (χ1n) is 9.21. The molecule has 0 radical (unpaired) electrons. The van der Waals surface area contributed by atoms with Crippen LogP contribution in [0.25, 0.3) is 0 Å². The van der Waals surface area contributed by atoms with Gasteiger partial charge in [-0.3, -0.25) is 4.79 Å². The first-order valence-corrected chi connectivity index (χ1v) is 9.21. The van der Waals surface area contributed by atoms with Crippen LogP contribution >= 0.6 is 0 Å². The Morgan fingerprint density at radius 1 is 0.846 bits per heavy atom. The van der Waals surface area contributed by atoms with Crippen molar-refractivity contribution in [2.75, 3.05) is 18.5 Å². The minimum atomic E-state index is -0.145. The first-order chi connectivity index (χ1) is 12.4. The number of hydrogen-bond donors (Lipinski definition) is 1. The third-order valence-corrected chi connectivity index (χ3v) is 3.78. The van der Waals surface area contributed by atoms with Crippen molar-refractivity contribution in [3.05, 3.63) is 54.1 Å². The van der Waals surface area contributed by atoms with Crippen LogP contribution in [0.3, 0.4) is 0 Å². The van der Waals surface area contributed by atoms with Crippen LogP contribution in [0, 0.1) is 11.8 Å². The topological polar surface area (TPSA) is 47.6 Å². The molecule has 140 valence electrons. The highest BCUT2D eigenvalue weighted by Gasteiger charge is 2.07. The first kappa shape index (κ1) is 19.8. The second kappa shape index (κ2) is 9.85. The third-order valence-electron chi connectivity index (χ3n) is 3.78. The fraction of sp³-hybridized carbons (Fsp3) is 0.409. The maximum absolute atomic E-state index is 12.3. The van der Waals surface area contributed by atoms with Gasteiger partial charge in [0.15, 0.2) is 0 Å². The number of anilines is 1. The summed E-state index contributed by atoms with van der Waals surface area (Å²) in [5, 5.41) is 2.89. The summed E-state index contributed by atoms with van der Waals surface area (Å²) >= 11 is 0. The molecule has 0 aliphatic heterocycles. The van der Waals surface area contributed by atoms with E-state index in [2.05, 4.69) is 33.0 Å². The van der Waals surface area contributed by atoms with Gasteiger partial charge in [-0.2, -0.15) is 0 Å². The average molecular weight is 355 g/mol. The van der Waals surface area contributed by atoms with Gasteiger partial charge in [0.05, 0.1) is 13.2 Å². The zero-order valence-corrected chi connectivity index (χ0v) is 16.1. The Labute approximate surface area is 156 Å². The Hall–Kier alpha value is -2.49. The summed E-state index contributed by atoms with van der Waals surface area (Å²) in [6, 6.07) is 14.6. The molecule has 4 heteroatoms. The molecule has 2 aromatic rings. The summed E-state index contributed by atoms with van der Waals surface area (Å²) in [5.74, 6) is 2.54. The van der Waals surface area contributed by atoms with Crippen molar-refractivity contribution in [1.82, 2.24) is 0 Å². The molecule has 0 spiro atoms. The zero-order chi connectivity index (χ0) is 18.9. The Bertz CT molecular complexity index is 676. The van der Waals surface area contributed by atoms with Gasteiger partial charge in [0, 0.05) is 11.3 Å². The molecule has 0 fully saturated rings. The standard InChI is InChI=1S/C22H29NO3/c1-16(2)13-14-25-20-11-7-19(8-12-20)23-22(24)18-5-9-21(10-6-18)26-15-17(3)4/h5-12,16-17H,13-15H2,1-4H3,(H,23,24). The van der Waals surface area contributed by atoms with Crippen LogP contribution in [-0.2, 0) is 0 Å². The van der Waals surface area contributed by atoms with Crippen molar-refractivity contribution < 1.29 is 14.3 Å². The van der Waals surface area contributed by atoms with E-state index < -0.39 is 0 Å². The highest BCUT2D eigenvalue weighted by atomic mass is 16.5. The molecule has 0 saturated carbocycles. The van der Waals surface area contributed by atoms with Gasteiger partial charge in [0.1, 0.15) is 11.5 Å². The number of rotatable bonds is 9. The van der Waals surface area contributed by atoms with Crippen LogP contribution in [0.15, 0.2) is 48.5 Å². The lowest BCUT2D eigenvalue weighted by molar-refractivity contribution is 0.102. The second-order valence-corrected chi connectivity index (χ2v) is 7.24. The van der Waals surface area contributed by atoms with E-state index >= 15 is 0 Å². The van der Waals surface area contributed by atoms with E-state index in [4.69, 9.17) is 9.47 Å². The Kier molecular flexibility index (Phi) is 7.52. The van der Waals surface area contributed by atoms with Gasteiger partial charge in [-0.1, -0.05) is 27.7 Å². The van der Waals surface area contributed by atoms with Crippen LogP contribution in [0.4, 0.5) is 5.69 Å². The Morgan fingerprint density at radius 2 is 1.42 bits per heavy atom. The van der Waals surface area contributed by atoms with E-state index in [1.165, 1.54) is 0 Å². The van der Waals surface area contributed by atoms with Crippen molar-refractivity contribution in [3.63, 3.8) is 0 Å². The SMILES string of the molecule is CC(C)CCOc1ccc(NC(=O)c2ccc(OCC(C)C)cc2)cc1. The maximum Gasteiger partial charge on any atom is 0.255 e. The lowest BCUT2D eigenvalue weighted by atomic mass is 10.1. The lowest BCUT2D eigenvalue weighted by Crippen LogP contribution is -2.12. The van der Waals surface area contributed by atoms with Gasteiger partial charge < -0.3 is 14.8 Å². The van der Waals surface area contributed by atoms with E-state index in [1.54, 1.807) is 12.1 Å². The number of hydrogen-bond acceptors (Lipinski definition) is 3. The highest BCUT2D eigenvalue weighted by Crippen LogP contribution is 2.18. The molecular formula is C22H29NO3. The van der Waals surface area contributed by atoms with Crippen molar-refractivity contribution in [2.24, 2.45) is 11.8 Å². The molecule has 26 heavy (non-hydrogen) atoms. The van der Waals surface area contributed by atoms with Crippen molar-refractivity contribution in [2.45, 2.75) is 34.1 Å². The van der Waals surface area contributed by atoms with Gasteiger partial charge in [0.2, 0.25) is 0 Å². The average Bonchev–Trinajstić information content (AvgIpc) is 2.61.